The van der Waals surface area contributed by atoms with Gasteiger partial charge in [0.1, 0.15) is 15.8 Å². The summed E-state index contributed by atoms with van der Waals surface area (Å²) in [5, 5.41) is 14.5. The molecular formula is C7H4N6O. The fourth-order valence-corrected chi connectivity index (χ4v) is 0.901. The minimum Gasteiger partial charge on any atom is -0.315 e. The Balaban J connectivity index is 3.95. The van der Waals surface area contributed by atoms with E-state index >= 15 is 0 Å². The highest BCUT2D eigenvalue weighted by molar-refractivity contribution is 5.59. The Bertz CT molecular complexity index is 610. The van der Waals surface area contributed by atoms with E-state index in [4.69, 9.17) is 16.9 Å². The van der Waals surface area contributed by atoms with E-state index in [0.29, 0.717) is 0 Å². The van der Waals surface area contributed by atoms with Gasteiger partial charge in [-0.15, -0.1) is 10.2 Å². The van der Waals surface area contributed by atoms with E-state index in [2.05, 4.69) is 26.9 Å². The molecule has 0 aliphatic carbocycles. The van der Waals surface area contributed by atoms with Crippen LogP contribution in [0.3, 0.4) is 0 Å². The molecule has 0 amide bonds. The van der Waals surface area contributed by atoms with Crippen LogP contribution in [0, 0.1) is 11.5 Å². The fourth-order valence-electron chi connectivity index (χ4n) is 0.901. The highest BCUT2D eigenvalue weighted by Gasteiger charge is 2.05. The Morgan fingerprint density at radius 1 is 1.14 bits per heavy atom. The summed E-state index contributed by atoms with van der Waals surface area (Å²) in [6.45, 7) is 0. The number of nitriles is 1. The monoisotopic (exact) mass is 188 g/mol. The molecule has 4 N–H and O–H groups in total. The lowest BCUT2D eigenvalue weighted by Gasteiger charge is -1.86. The minimum atomic E-state index is -0.442. The standard InChI is InChI=1S/C7H4N6O/c8-3-11-6-4(1-12-9)7(14)5(6)2-13-10/h9-10H2. The summed E-state index contributed by atoms with van der Waals surface area (Å²) in [5.74, 6) is 14.0. The third-order valence-corrected chi connectivity index (χ3v) is 1.44. The molecule has 0 atom stereocenters. The molecule has 0 heterocycles. The van der Waals surface area contributed by atoms with Crippen molar-refractivity contribution in [1.82, 2.24) is 0 Å². The Kier molecular flexibility index (Phi) is 2.57. The average Bonchev–Trinajstić information content (AvgIpc) is 2.21. The van der Waals surface area contributed by atoms with Gasteiger partial charge in [-0.1, -0.05) is 0 Å². The summed E-state index contributed by atoms with van der Waals surface area (Å²) >= 11 is 0. The summed E-state index contributed by atoms with van der Waals surface area (Å²) in [7, 11) is 0. The summed E-state index contributed by atoms with van der Waals surface area (Å²) < 4.78 is 0. The Labute approximate surface area is 77.0 Å². The molecule has 68 valence electrons. The van der Waals surface area contributed by atoms with Crippen molar-refractivity contribution in [3.8, 4) is 6.19 Å². The first-order chi connectivity index (χ1) is 6.76. The van der Waals surface area contributed by atoms with Crippen LogP contribution in [0.15, 0.2) is 20.0 Å². The van der Waals surface area contributed by atoms with Gasteiger partial charge in [-0.05, 0) is 0 Å². The lowest BCUT2D eigenvalue weighted by atomic mass is 10.2. The van der Waals surface area contributed by atoms with E-state index in [9.17, 15) is 4.79 Å². The van der Waals surface area contributed by atoms with Crippen LogP contribution >= 0.6 is 0 Å². The fraction of sp³-hybridized carbons (Fsp3) is 0. The second-order valence-corrected chi connectivity index (χ2v) is 2.12. The zero-order valence-electron chi connectivity index (χ0n) is 6.85. The van der Waals surface area contributed by atoms with Gasteiger partial charge in [0, 0.05) is 11.7 Å². The summed E-state index contributed by atoms with van der Waals surface area (Å²) in [4.78, 5) is 14.6. The first kappa shape index (κ1) is 9.42. The van der Waals surface area contributed by atoms with E-state index in [0.717, 1.165) is 0 Å². The van der Waals surface area contributed by atoms with Gasteiger partial charge in [0.2, 0.25) is 11.6 Å². The van der Waals surface area contributed by atoms with Gasteiger partial charge in [-0.2, -0.15) is 10.3 Å². The molecule has 1 aromatic rings. The molecule has 0 unspecified atom stereocenters. The molecule has 7 nitrogen and oxygen atoms in total. The number of nitrogens with two attached hydrogens (primary N) is 2. The highest BCUT2D eigenvalue weighted by Crippen LogP contribution is 1.46. The molecule has 7 heteroatoms. The van der Waals surface area contributed by atoms with E-state index < -0.39 is 5.43 Å². The van der Waals surface area contributed by atoms with Crippen LogP contribution < -0.4 is 32.9 Å². The van der Waals surface area contributed by atoms with Crippen molar-refractivity contribution in [3.05, 3.63) is 26.0 Å². The molecule has 14 heavy (non-hydrogen) atoms. The van der Waals surface area contributed by atoms with Crippen LogP contribution in [0.2, 0.25) is 0 Å². The molecular weight excluding hydrogens is 184 g/mol. The number of hydrogen-bond donors (Lipinski definition) is 2. The Morgan fingerprint density at radius 3 is 2.00 bits per heavy atom. The topological polar surface area (TPSA) is 130 Å². The van der Waals surface area contributed by atoms with Gasteiger partial charge >= 0.3 is 0 Å². The molecule has 0 fully saturated rings. The largest absolute Gasteiger partial charge is 0.315 e. The van der Waals surface area contributed by atoms with Gasteiger partial charge in [-0.25, -0.2) is 0 Å². The van der Waals surface area contributed by atoms with Crippen LogP contribution in [-0.4, -0.2) is 11.7 Å². The maximum atomic E-state index is 11.2. The predicted molar refractivity (Wildman–Crippen MR) is 47.0 cm³/mol. The predicted octanol–water partition coefficient (Wildman–Crippen LogP) is -4.27. The van der Waals surface area contributed by atoms with Gasteiger partial charge in [0.05, 0.1) is 0 Å². The molecule has 1 aromatic carbocycles. The van der Waals surface area contributed by atoms with Crippen molar-refractivity contribution >= 4 is 11.7 Å². The number of hydrogen-bond acceptors (Lipinski definition) is 7. The third-order valence-electron chi connectivity index (χ3n) is 1.44. The molecule has 0 radical (unpaired) electrons. The van der Waals surface area contributed by atoms with Gasteiger partial charge in [-0.3, -0.25) is 4.79 Å². The number of nitrogens with zero attached hydrogens (tertiary/aromatic N) is 4. The van der Waals surface area contributed by atoms with Gasteiger partial charge in [0.25, 0.3) is 0 Å². The lowest BCUT2D eigenvalue weighted by Crippen LogP contribution is -2.66. The van der Waals surface area contributed by atoms with Crippen LogP contribution in [-0.2, 0) is 0 Å². The maximum absolute atomic E-state index is 11.2. The zero-order valence-corrected chi connectivity index (χ0v) is 6.85. The van der Waals surface area contributed by atoms with Crippen molar-refractivity contribution < 1.29 is 0 Å². The van der Waals surface area contributed by atoms with Gasteiger partial charge < -0.3 is 11.7 Å². The van der Waals surface area contributed by atoms with Gasteiger partial charge in [0.15, 0.2) is 0 Å². The average molecular weight is 188 g/mol. The van der Waals surface area contributed by atoms with E-state index in [-0.39, 0.29) is 15.8 Å². The van der Waals surface area contributed by atoms with Crippen LogP contribution in [0.1, 0.15) is 0 Å². The molecule has 0 aliphatic rings. The van der Waals surface area contributed by atoms with Crippen molar-refractivity contribution in [1.29, 1.82) is 5.26 Å². The summed E-state index contributed by atoms with van der Waals surface area (Å²) in [6.07, 6.45) is 1.52. The van der Waals surface area contributed by atoms with Crippen molar-refractivity contribution in [2.75, 3.05) is 0 Å². The molecule has 0 spiro atoms. The Hall–Kier alpha value is -2.67. The summed E-state index contributed by atoms with van der Waals surface area (Å²) in [5.41, 5.74) is -0.442. The zero-order chi connectivity index (χ0) is 10.6. The molecule has 1 rings (SSSR count). The minimum absolute atomic E-state index is 0.0280. The molecule has 0 saturated heterocycles. The summed E-state index contributed by atoms with van der Waals surface area (Å²) in [6, 6.07) is 0. The lowest BCUT2D eigenvalue weighted by molar-refractivity contribution is 1.16. The van der Waals surface area contributed by atoms with E-state index in [1.807, 2.05) is 0 Å². The van der Waals surface area contributed by atoms with Crippen molar-refractivity contribution in [2.24, 2.45) is 26.9 Å². The first-order valence-corrected chi connectivity index (χ1v) is 3.34. The van der Waals surface area contributed by atoms with Crippen molar-refractivity contribution in [2.45, 2.75) is 0 Å². The molecule has 0 bridgehead atoms. The second kappa shape index (κ2) is 3.83. The first-order valence-electron chi connectivity index (χ1n) is 3.34. The van der Waals surface area contributed by atoms with Crippen molar-refractivity contribution in [3.63, 3.8) is 0 Å². The Morgan fingerprint density at radius 2 is 1.64 bits per heavy atom. The molecule has 0 aliphatic heterocycles. The van der Waals surface area contributed by atoms with Crippen LogP contribution in [0.25, 0.3) is 0 Å². The third kappa shape index (κ3) is 1.30. The van der Waals surface area contributed by atoms with E-state index in [1.54, 1.807) is 0 Å². The molecule has 0 aromatic heterocycles. The molecule has 0 saturated carbocycles. The maximum Gasteiger partial charge on any atom is 0.216 e. The number of hydrazone groups is 2. The quantitative estimate of drug-likeness (QED) is 0.185. The normalized spacial score (nSPS) is 8.21. The smallest absolute Gasteiger partial charge is 0.216 e. The van der Waals surface area contributed by atoms with Crippen LogP contribution in [0.5, 0.6) is 0 Å². The van der Waals surface area contributed by atoms with Crippen LogP contribution in [0.4, 0.5) is 0 Å². The SMILES string of the molecule is N#CN=c1c(=C=NN)c(=O)c1=C=NN. The number of rotatable bonds is 0. The highest BCUT2D eigenvalue weighted by atomic mass is 16.1. The second-order valence-electron chi connectivity index (χ2n) is 2.12. The van der Waals surface area contributed by atoms with E-state index in [1.165, 1.54) is 6.19 Å².